The van der Waals surface area contributed by atoms with Gasteiger partial charge in [0.15, 0.2) is 0 Å². The standard InChI is InChI=1S/C17H15N3O2/c1-12-4-2-6-14(8-12)11-19-16(21)17(22)20-15-7-3-5-13(9-15)10-18/h2-9H,11H2,1H3,(H,19,21)(H,20,22). The fraction of sp³-hybridized carbons (Fsp3) is 0.118. The lowest BCUT2D eigenvalue weighted by molar-refractivity contribution is -0.136. The van der Waals surface area contributed by atoms with Crippen LogP contribution in [0.4, 0.5) is 5.69 Å². The van der Waals surface area contributed by atoms with Gasteiger partial charge in [0.25, 0.3) is 0 Å². The molecule has 0 spiro atoms. The number of nitrogens with one attached hydrogen (secondary N) is 2. The number of hydrogen-bond donors (Lipinski definition) is 2. The van der Waals surface area contributed by atoms with Crippen molar-refractivity contribution in [3.8, 4) is 6.07 Å². The maximum atomic E-state index is 11.8. The van der Waals surface area contributed by atoms with Crippen LogP contribution < -0.4 is 10.6 Å². The third-order valence-corrected chi connectivity index (χ3v) is 2.99. The van der Waals surface area contributed by atoms with Crippen molar-refractivity contribution in [2.75, 3.05) is 5.32 Å². The highest BCUT2D eigenvalue weighted by Crippen LogP contribution is 2.09. The largest absolute Gasteiger partial charge is 0.344 e. The summed E-state index contributed by atoms with van der Waals surface area (Å²) in [5.74, 6) is -1.48. The Kier molecular flexibility index (Phi) is 4.89. The molecule has 0 saturated heterocycles. The van der Waals surface area contributed by atoms with Gasteiger partial charge in [-0.05, 0) is 30.7 Å². The minimum atomic E-state index is -0.761. The van der Waals surface area contributed by atoms with Gasteiger partial charge in [0.2, 0.25) is 0 Å². The Balaban J connectivity index is 1.92. The van der Waals surface area contributed by atoms with Crippen molar-refractivity contribution < 1.29 is 9.59 Å². The van der Waals surface area contributed by atoms with Gasteiger partial charge in [0, 0.05) is 12.2 Å². The summed E-state index contributed by atoms with van der Waals surface area (Å²) < 4.78 is 0. The lowest BCUT2D eigenvalue weighted by Gasteiger charge is -2.07. The molecule has 5 heteroatoms. The van der Waals surface area contributed by atoms with Crippen molar-refractivity contribution in [2.45, 2.75) is 13.5 Å². The Labute approximate surface area is 128 Å². The highest BCUT2D eigenvalue weighted by atomic mass is 16.2. The number of rotatable bonds is 3. The molecule has 2 aromatic carbocycles. The van der Waals surface area contributed by atoms with Gasteiger partial charge in [0.05, 0.1) is 11.6 Å². The van der Waals surface area contributed by atoms with E-state index in [0.29, 0.717) is 11.3 Å². The number of anilines is 1. The second kappa shape index (κ2) is 7.04. The number of nitrogens with zero attached hydrogens (tertiary/aromatic N) is 1. The summed E-state index contributed by atoms with van der Waals surface area (Å²) in [5.41, 5.74) is 2.84. The van der Waals surface area contributed by atoms with Crippen LogP contribution in [-0.4, -0.2) is 11.8 Å². The molecule has 2 aromatic rings. The van der Waals surface area contributed by atoms with E-state index in [1.54, 1.807) is 18.2 Å². The predicted molar refractivity (Wildman–Crippen MR) is 82.8 cm³/mol. The first-order chi connectivity index (χ1) is 10.6. The molecule has 0 unspecified atom stereocenters. The first kappa shape index (κ1) is 15.3. The highest BCUT2D eigenvalue weighted by molar-refractivity contribution is 6.39. The number of aryl methyl sites for hydroxylation is 1. The van der Waals surface area contributed by atoms with Gasteiger partial charge < -0.3 is 10.6 Å². The fourth-order valence-electron chi connectivity index (χ4n) is 1.94. The molecule has 0 aliphatic heterocycles. The highest BCUT2D eigenvalue weighted by Gasteiger charge is 2.13. The molecule has 110 valence electrons. The topological polar surface area (TPSA) is 82.0 Å². The molecule has 0 aliphatic rings. The van der Waals surface area contributed by atoms with Crippen LogP contribution in [0.15, 0.2) is 48.5 Å². The van der Waals surface area contributed by atoms with E-state index in [9.17, 15) is 9.59 Å². The zero-order valence-electron chi connectivity index (χ0n) is 12.1. The summed E-state index contributed by atoms with van der Waals surface area (Å²) >= 11 is 0. The van der Waals surface area contributed by atoms with E-state index >= 15 is 0 Å². The fourth-order valence-corrected chi connectivity index (χ4v) is 1.94. The Morgan fingerprint density at radius 1 is 1.09 bits per heavy atom. The number of benzene rings is 2. The summed E-state index contributed by atoms with van der Waals surface area (Å²) in [7, 11) is 0. The van der Waals surface area contributed by atoms with Crippen molar-refractivity contribution in [1.29, 1.82) is 5.26 Å². The molecule has 0 aliphatic carbocycles. The Bertz CT molecular complexity index is 748. The van der Waals surface area contributed by atoms with Crippen LogP contribution >= 0.6 is 0 Å². The molecule has 22 heavy (non-hydrogen) atoms. The van der Waals surface area contributed by atoms with Crippen molar-refractivity contribution in [1.82, 2.24) is 5.32 Å². The van der Waals surface area contributed by atoms with Gasteiger partial charge in [-0.3, -0.25) is 9.59 Å². The van der Waals surface area contributed by atoms with Crippen molar-refractivity contribution in [3.05, 3.63) is 65.2 Å². The van der Waals surface area contributed by atoms with Crippen LogP contribution in [0, 0.1) is 18.3 Å². The lowest BCUT2D eigenvalue weighted by atomic mass is 10.1. The quantitative estimate of drug-likeness (QED) is 0.850. The number of nitriles is 1. The average Bonchev–Trinajstić information content (AvgIpc) is 2.52. The van der Waals surface area contributed by atoms with Gasteiger partial charge in [0.1, 0.15) is 0 Å². The molecular formula is C17H15N3O2. The van der Waals surface area contributed by atoms with E-state index in [4.69, 9.17) is 5.26 Å². The van der Waals surface area contributed by atoms with Gasteiger partial charge in [-0.2, -0.15) is 5.26 Å². The van der Waals surface area contributed by atoms with Crippen molar-refractivity contribution in [2.24, 2.45) is 0 Å². The smallest absolute Gasteiger partial charge is 0.313 e. The summed E-state index contributed by atoms with van der Waals surface area (Å²) in [4.78, 5) is 23.6. The zero-order valence-corrected chi connectivity index (χ0v) is 12.1. The Hall–Kier alpha value is -3.13. The van der Waals surface area contributed by atoms with Crippen LogP contribution in [0.2, 0.25) is 0 Å². The van der Waals surface area contributed by atoms with Crippen LogP contribution in [-0.2, 0) is 16.1 Å². The molecule has 0 aromatic heterocycles. The van der Waals surface area contributed by atoms with Crippen LogP contribution in [0.5, 0.6) is 0 Å². The number of hydrogen-bond acceptors (Lipinski definition) is 3. The van der Waals surface area contributed by atoms with Gasteiger partial charge in [-0.1, -0.05) is 35.9 Å². The molecule has 2 rings (SSSR count). The van der Waals surface area contributed by atoms with Crippen molar-refractivity contribution in [3.63, 3.8) is 0 Å². The SMILES string of the molecule is Cc1cccc(CNC(=O)C(=O)Nc2cccc(C#N)c2)c1. The predicted octanol–water partition coefficient (Wildman–Crippen LogP) is 2.12. The average molecular weight is 293 g/mol. The van der Waals surface area contributed by atoms with Crippen molar-refractivity contribution >= 4 is 17.5 Å². The van der Waals surface area contributed by atoms with Crippen LogP contribution in [0.25, 0.3) is 0 Å². The van der Waals surface area contributed by atoms with E-state index in [2.05, 4.69) is 10.6 Å². The molecule has 0 heterocycles. The maximum absolute atomic E-state index is 11.8. The van der Waals surface area contributed by atoms with E-state index in [1.165, 1.54) is 6.07 Å². The van der Waals surface area contributed by atoms with E-state index < -0.39 is 11.8 Å². The van der Waals surface area contributed by atoms with E-state index in [-0.39, 0.29) is 6.54 Å². The zero-order chi connectivity index (χ0) is 15.9. The summed E-state index contributed by atoms with van der Waals surface area (Å²) in [6.45, 7) is 2.24. The molecular weight excluding hydrogens is 278 g/mol. The van der Waals surface area contributed by atoms with Gasteiger partial charge in [-0.25, -0.2) is 0 Å². The lowest BCUT2D eigenvalue weighted by Crippen LogP contribution is -2.34. The summed E-state index contributed by atoms with van der Waals surface area (Å²) in [5, 5.41) is 13.8. The second-order valence-corrected chi connectivity index (χ2v) is 4.82. The third-order valence-electron chi connectivity index (χ3n) is 2.99. The summed E-state index contributed by atoms with van der Waals surface area (Å²) in [6.07, 6.45) is 0. The van der Waals surface area contributed by atoms with Gasteiger partial charge >= 0.3 is 11.8 Å². The Morgan fingerprint density at radius 3 is 2.59 bits per heavy atom. The Morgan fingerprint density at radius 2 is 1.86 bits per heavy atom. The number of carbonyl (C=O) groups is 2. The monoisotopic (exact) mass is 293 g/mol. The maximum Gasteiger partial charge on any atom is 0.313 e. The molecule has 5 nitrogen and oxygen atoms in total. The van der Waals surface area contributed by atoms with Crippen LogP contribution in [0.1, 0.15) is 16.7 Å². The summed E-state index contributed by atoms with van der Waals surface area (Å²) in [6, 6.07) is 16.0. The molecule has 0 fully saturated rings. The number of carbonyl (C=O) groups excluding carboxylic acids is 2. The van der Waals surface area contributed by atoms with E-state index in [1.807, 2.05) is 37.3 Å². The number of amides is 2. The first-order valence-electron chi connectivity index (χ1n) is 6.73. The van der Waals surface area contributed by atoms with E-state index in [0.717, 1.165) is 11.1 Å². The normalized spacial score (nSPS) is 9.64. The molecule has 0 bridgehead atoms. The van der Waals surface area contributed by atoms with Gasteiger partial charge in [-0.15, -0.1) is 0 Å². The molecule has 2 N–H and O–H groups in total. The molecule has 0 atom stereocenters. The second-order valence-electron chi connectivity index (χ2n) is 4.82. The molecule has 2 amide bonds. The molecule has 0 radical (unpaired) electrons. The minimum absolute atomic E-state index is 0.284. The third kappa shape index (κ3) is 4.18. The molecule has 0 saturated carbocycles. The first-order valence-corrected chi connectivity index (χ1v) is 6.73. The minimum Gasteiger partial charge on any atom is -0.344 e. The van der Waals surface area contributed by atoms with Crippen LogP contribution in [0.3, 0.4) is 0 Å².